The van der Waals surface area contributed by atoms with Crippen molar-refractivity contribution in [3.05, 3.63) is 60.8 Å². The summed E-state index contributed by atoms with van der Waals surface area (Å²) in [5, 5.41) is 30.8. The van der Waals surface area contributed by atoms with Crippen LogP contribution in [-0.4, -0.2) is 96.0 Å². The van der Waals surface area contributed by atoms with Crippen molar-refractivity contribution in [1.82, 2.24) is 0 Å². The number of aliphatic hydroxyl groups excluding tert-OH is 3. The molecule has 0 aliphatic carbocycles. The second-order valence-corrected chi connectivity index (χ2v) is 15.8. The molecule has 13 heteroatoms. The van der Waals surface area contributed by atoms with Crippen molar-refractivity contribution in [3.8, 4) is 0 Å². The van der Waals surface area contributed by atoms with E-state index >= 15 is 0 Å². The average Bonchev–Trinajstić information content (AvgIpc) is 3.16. The summed E-state index contributed by atoms with van der Waals surface area (Å²) in [6, 6.07) is 0. The number of hydrogen-bond acceptors (Lipinski definition) is 11. The number of esters is 2. The molecule has 0 bridgehead atoms. The van der Waals surface area contributed by atoms with Gasteiger partial charge in [-0.3, -0.25) is 14.1 Å². The molecule has 1 aliphatic rings. The highest BCUT2D eigenvalue weighted by atomic mass is 32.2. The third-order valence-corrected chi connectivity index (χ3v) is 9.81. The number of unbranched alkanes of at least 4 members (excludes halogenated alkanes) is 11. The van der Waals surface area contributed by atoms with E-state index in [1.807, 2.05) is 0 Å². The largest absolute Gasteiger partial charge is 0.462 e. The molecule has 1 saturated heterocycles. The van der Waals surface area contributed by atoms with Crippen molar-refractivity contribution in [2.24, 2.45) is 0 Å². The van der Waals surface area contributed by atoms with Crippen LogP contribution >= 0.6 is 0 Å². The van der Waals surface area contributed by atoms with Crippen LogP contribution in [0.3, 0.4) is 0 Å². The molecular weight excluding hydrogens is 741 g/mol. The van der Waals surface area contributed by atoms with Crippen LogP contribution in [0.5, 0.6) is 0 Å². The number of hydrogen-bond donors (Lipinski definition) is 4. The van der Waals surface area contributed by atoms with Crippen LogP contribution in [0.2, 0.25) is 0 Å². The van der Waals surface area contributed by atoms with Gasteiger partial charge in [0.2, 0.25) is 0 Å². The molecule has 0 spiro atoms. The third-order valence-electron chi connectivity index (χ3n) is 9.06. The topological polar surface area (TPSA) is 186 Å². The van der Waals surface area contributed by atoms with Crippen LogP contribution in [0.1, 0.15) is 142 Å². The summed E-state index contributed by atoms with van der Waals surface area (Å²) >= 11 is 0. The maximum Gasteiger partial charge on any atom is 0.306 e. The molecule has 0 radical (unpaired) electrons. The normalized spacial score (nSPS) is 21.3. The van der Waals surface area contributed by atoms with E-state index in [2.05, 4.69) is 74.6 Å². The molecule has 6 atom stereocenters. The summed E-state index contributed by atoms with van der Waals surface area (Å²) in [6.07, 6.45) is 29.8. The van der Waals surface area contributed by atoms with Crippen LogP contribution in [-0.2, 0) is 38.7 Å². The van der Waals surface area contributed by atoms with Gasteiger partial charge in [-0.15, -0.1) is 0 Å². The third kappa shape index (κ3) is 27.9. The first kappa shape index (κ1) is 51.4. The summed E-state index contributed by atoms with van der Waals surface area (Å²) in [4.78, 5) is 25.3. The lowest BCUT2D eigenvalue weighted by molar-refractivity contribution is -0.297. The van der Waals surface area contributed by atoms with Crippen molar-refractivity contribution in [2.75, 3.05) is 19.0 Å². The van der Waals surface area contributed by atoms with Crippen LogP contribution in [0.4, 0.5) is 0 Å². The van der Waals surface area contributed by atoms with Gasteiger partial charge in [0.15, 0.2) is 12.4 Å². The van der Waals surface area contributed by atoms with E-state index in [1.165, 1.54) is 0 Å². The Bertz CT molecular complexity index is 1280. The Kier molecular flexibility index (Phi) is 30.6. The van der Waals surface area contributed by atoms with Crippen LogP contribution in [0.15, 0.2) is 60.8 Å². The van der Waals surface area contributed by atoms with Gasteiger partial charge in [0.1, 0.15) is 36.8 Å². The van der Waals surface area contributed by atoms with Gasteiger partial charge in [-0.2, -0.15) is 8.42 Å². The lowest BCUT2D eigenvalue weighted by Gasteiger charge is -2.40. The molecule has 0 amide bonds. The minimum atomic E-state index is -4.61. The molecule has 0 aromatic carbocycles. The van der Waals surface area contributed by atoms with E-state index in [-0.39, 0.29) is 19.4 Å². The molecule has 56 heavy (non-hydrogen) atoms. The van der Waals surface area contributed by atoms with Crippen molar-refractivity contribution < 1.29 is 56.8 Å². The summed E-state index contributed by atoms with van der Waals surface area (Å²) in [5.74, 6) is -2.03. The summed E-state index contributed by atoms with van der Waals surface area (Å²) in [7, 11) is -4.61. The van der Waals surface area contributed by atoms with Gasteiger partial charge >= 0.3 is 11.9 Å². The first-order chi connectivity index (χ1) is 27.0. The lowest BCUT2D eigenvalue weighted by atomic mass is 10.00. The fraction of sp³-hybridized carbons (Fsp3) is 0.721. The van der Waals surface area contributed by atoms with E-state index in [0.29, 0.717) is 12.8 Å². The first-order valence-electron chi connectivity index (χ1n) is 20.8. The number of ether oxygens (including phenoxy) is 4. The van der Waals surface area contributed by atoms with Gasteiger partial charge in [-0.25, -0.2) is 0 Å². The minimum Gasteiger partial charge on any atom is -0.462 e. The zero-order chi connectivity index (χ0) is 41.3. The fourth-order valence-corrected chi connectivity index (χ4v) is 6.54. The molecule has 1 heterocycles. The molecule has 1 aliphatic heterocycles. The molecule has 0 saturated carbocycles. The number of aliphatic hydroxyl groups is 3. The minimum absolute atomic E-state index is 0.139. The quantitative estimate of drug-likeness (QED) is 0.0219. The number of carbonyl (C=O) groups excluding carboxylic acids is 2. The van der Waals surface area contributed by atoms with Crippen LogP contribution < -0.4 is 0 Å². The molecule has 0 aromatic rings. The van der Waals surface area contributed by atoms with Gasteiger partial charge in [0.25, 0.3) is 10.1 Å². The highest BCUT2D eigenvalue weighted by Crippen LogP contribution is 2.24. The SMILES string of the molecule is CC/C=C\C/C=C\C/C=C\CCCCCCCC(=O)OC(COC(=O)CCCCCCC/C=C\C/C=C\CCC)COC1OC(CS(=O)(=O)O)C(O)C(O)C1O. The Morgan fingerprint density at radius 2 is 1.12 bits per heavy atom. The van der Waals surface area contributed by atoms with Crippen LogP contribution in [0.25, 0.3) is 0 Å². The van der Waals surface area contributed by atoms with Gasteiger partial charge in [-0.05, 0) is 70.6 Å². The number of allylic oxidation sites excluding steroid dienone is 10. The molecule has 0 aromatic heterocycles. The average molecular weight is 813 g/mol. The van der Waals surface area contributed by atoms with Crippen molar-refractivity contribution in [3.63, 3.8) is 0 Å². The van der Waals surface area contributed by atoms with Gasteiger partial charge in [-0.1, -0.05) is 120 Å². The second kappa shape index (κ2) is 33.3. The first-order valence-corrected chi connectivity index (χ1v) is 22.5. The predicted molar refractivity (Wildman–Crippen MR) is 219 cm³/mol. The molecule has 322 valence electrons. The Hall–Kier alpha value is -2.65. The second-order valence-electron chi connectivity index (χ2n) is 14.3. The number of rotatable bonds is 33. The maximum atomic E-state index is 12.8. The summed E-state index contributed by atoms with van der Waals surface area (Å²) in [6.45, 7) is 3.53. The lowest BCUT2D eigenvalue weighted by Crippen LogP contribution is -2.60. The van der Waals surface area contributed by atoms with E-state index < -0.39 is 71.2 Å². The van der Waals surface area contributed by atoms with E-state index in [1.54, 1.807) is 0 Å². The molecule has 1 rings (SSSR count). The summed E-state index contributed by atoms with van der Waals surface area (Å²) < 4.78 is 53.9. The Morgan fingerprint density at radius 3 is 1.68 bits per heavy atom. The molecule has 1 fully saturated rings. The molecular formula is C43H72O12S. The zero-order valence-electron chi connectivity index (χ0n) is 34.0. The predicted octanol–water partition coefficient (Wildman–Crippen LogP) is 7.78. The van der Waals surface area contributed by atoms with E-state index in [9.17, 15) is 37.9 Å². The number of carbonyl (C=O) groups is 2. The van der Waals surface area contributed by atoms with Gasteiger partial charge < -0.3 is 34.3 Å². The Morgan fingerprint density at radius 1 is 0.625 bits per heavy atom. The van der Waals surface area contributed by atoms with Crippen LogP contribution in [0, 0.1) is 0 Å². The van der Waals surface area contributed by atoms with Crippen molar-refractivity contribution in [1.29, 1.82) is 0 Å². The smallest absolute Gasteiger partial charge is 0.306 e. The zero-order valence-corrected chi connectivity index (χ0v) is 34.8. The highest BCUT2D eigenvalue weighted by Gasteiger charge is 2.46. The highest BCUT2D eigenvalue weighted by molar-refractivity contribution is 7.85. The van der Waals surface area contributed by atoms with E-state index in [0.717, 1.165) is 103 Å². The van der Waals surface area contributed by atoms with Gasteiger partial charge in [0.05, 0.1) is 6.61 Å². The fourth-order valence-electron chi connectivity index (χ4n) is 5.84. The monoisotopic (exact) mass is 812 g/mol. The molecule has 6 unspecified atom stereocenters. The molecule has 4 N–H and O–H groups in total. The van der Waals surface area contributed by atoms with E-state index in [4.69, 9.17) is 18.9 Å². The van der Waals surface area contributed by atoms with Crippen molar-refractivity contribution >= 4 is 22.1 Å². The Balaban J connectivity index is 2.52. The summed E-state index contributed by atoms with van der Waals surface area (Å²) in [5.41, 5.74) is 0. The van der Waals surface area contributed by atoms with Gasteiger partial charge in [0, 0.05) is 12.8 Å². The maximum absolute atomic E-state index is 12.8. The van der Waals surface area contributed by atoms with Crippen molar-refractivity contribution in [2.45, 2.75) is 179 Å². The standard InChI is InChI=1S/C43H72O12S/c1-3-5-7-9-11-13-15-17-18-20-22-24-26-28-30-32-39(45)54-36(34-53-43-42(48)41(47)40(46)37(55-43)35-56(49,50)51)33-52-38(44)31-29-27-25-23-21-19-16-14-12-10-8-6-4-2/h5,7-8,10-11,13-14,16-18,36-37,40-43,46-48H,3-4,6,9,12,15,19-35H2,1-2H3,(H,49,50,51)/b7-5-,10-8-,13-11-,16-14-,18-17-. The Labute approximate surface area is 336 Å². The molecule has 12 nitrogen and oxygen atoms in total.